The molecule has 2 heterocycles. The van der Waals surface area contributed by atoms with Crippen molar-refractivity contribution in [2.75, 3.05) is 19.0 Å². The number of fused-ring (bicyclic) bond motifs is 2. The van der Waals surface area contributed by atoms with Gasteiger partial charge < -0.3 is 14.8 Å². The van der Waals surface area contributed by atoms with E-state index in [1.54, 1.807) is 12.1 Å². The maximum absolute atomic E-state index is 12.6. The smallest absolute Gasteiger partial charge is 0.341 e. The third kappa shape index (κ3) is 4.21. The minimum absolute atomic E-state index is 0.219. The first kappa shape index (κ1) is 23.6. The van der Waals surface area contributed by atoms with E-state index in [2.05, 4.69) is 12.2 Å². The summed E-state index contributed by atoms with van der Waals surface area (Å²) in [7, 11) is 1.28. The Morgan fingerprint density at radius 1 is 1.18 bits per heavy atom. The van der Waals surface area contributed by atoms with Crippen LogP contribution < -0.4 is 5.32 Å². The van der Waals surface area contributed by atoms with Crippen molar-refractivity contribution in [3.8, 4) is 0 Å². The van der Waals surface area contributed by atoms with E-state index >= 15 is 0 Å². The van der Waals surface area contributed by atoms with Gasteiger partial charge in [-0.15, -0.1) is 11.3 Å². The highest BCUT2D eigenvalue weighted by Crippen LogP contribution is 2.40. The lowest BCUT2D eigenvalue weighted by atomic mass is 9.88. The Bertz CT molecular complexity index is 1170. The van der Waals surface area contributed by atoms with E-state index in [0.717, 1.165) is 34.6 Å². The third-order valence-corrected chi connectivity index (χ3v) is 7.22. The number of anilines is 1. The molecule has 1 aromatic carbocycles. The van der Waals surface area contributed by atoms with Crippen molar-refractivity contribution >= 4 is 46.0 Å². The van der Waals surface area contributed by atoms with Crippen LogP contribution >= 0.6 is 11.3 Å². The van der Waals surface area contributed by atoms with Crippen LogP contribution in [0.5, 0.6) is 0 Å². The van der Waals surface area contributed by atoms with Gasteiger partial charge in [-0.2, -0.15) is 0 Å². The zero-order chi connectivity index (χ0) is 24.6. The van der Waals surface area contributed by atoms with Crippen LogP contribution in [-0.2, 0) is 31.9 Å². The normalized spacial score (nSPS) is 17.6. The average Bonchev–Trinajstić information content (AvgIpc) is 3.30. The molecule has 0 bridgehead atoms. The molecule has 2 aliphatic rings. The summed E-state index contributed by atoms with van der Waals surface area (Å²) in [5.74, 6) is -2.76. The second-order valence-corrected chi connectivity index (χ2v) is 9.51. The molecule has 0 spiro atoms. The number of amides is 3. The maximum Gasteiger partial charge on any atom is 0.341 e. The molecule has 2 atom stereocenters. The highest BCUT2D eigenvalue weighted by molar-refractivity contribution is 7.17. The van der Waals surface area contributed by atoms with Crippen molar-refractivity contribution < 1.29 is 33.4 Å². The van der Waals surface area contributed by atoms with E-state index in [1.807, 2.05) is 0 Å². The van der Waals surface area contributed by atoms with Crippen LogP contribution in [0.25, 0.3) is 0 Å². The fraction of sp³-hybridized carbons (Fsp3) is 0.375. The number of thiophene rings is 1. The Balaban J connectivity index is 1.41. The zero-order valence-electron chi connectivity index (χ0n) is 19.0. The quantitative estimate of drug-likeness (QED) is 0.495. The second-order valence-electron chi connectivity index (χ2n) is 8.41. The molecule has 1 aromatic heterocycles. The van der Waals surface area contributed by atoms with Gasteiger partial charge in [0.15, 0.2) is 6.61 Å². The van der Waals surface area contributed by atoms with Gasteiger partial charge in [-0.05, 0) is 49.8 Å². The van der Waals surface area contributed by atoms with Gasteiger partial charge in [0.1, 0.15) is 11.0 Å². The van der Waals surface area contributed by atoms with Crippen LogP contribution in [0.3, 0.4) is 0 Å². The summed E-state index contributed by atoms with van der Waals surface area (Å²) in [5.41, 5.74) is 1.67. The summed E-state index contributed by atoms with van der Waals surface area (Å²) >= 11 is 1.32. The van der Waals surface area contributed by atoms with Crippen LogP contribution in [0.4, 0.5) is 5.00 Å². The van der Waals surface area contributed by atoms with Crippen LogP contribution in [0.15, 0.2) is 24.3 Å². The van der Waals surface area contributed by atoms with Crippen molar-refractivity contribution in [1.82, 2.24) is 4.90 Å². The van der Waals surface area contributed by atoms with Crippen molar-refractivity contribution in [3.63, 3.8) is 0 Å². The van der Waals surface area contributed by atoms with Crippen molar-refractivity contribution in [1.29, 1.82) is 0 Å². The summed E-state index contributed by atoms with van der Waals surface area (Å²) in [6.45, 7) is 2.87. The molecule has 4 rings (SSSR count). The number of hydrogen-bond donors (Lipinski definition) is 1. The van der Waals surface area contributed by atoms with Crippen LogP contribution in [-0.4, -0.2) is 54.3 Å². The molecule has 9 nitrogen and oxygen atoms in total. The SMILES string of the molecule is COC(=O)c1c(NC(=O)COC(=O)[C@H](C)N2C(=O)c3ccccc3C2=O)sc2c1CC[C@@H](C)C2. The topological polar surface area (TPSA) is 119 Å². The Kier molecular flexibility index (Phi) is 6.52. The number of ether oxygens (including phenoxy) is 2. The number of carbonyl (C=O) groups excluding carboxylic acids is 5. The molecular weight excluding hydrogens is 460 g/mol. The molecule has 0 saturated heterocycles. The number of methoxy groups -OCH3 is 1. The fourth-order valence-electron chi connectivity index (χ4n) is 4.24. The Morgan fingerprint density at radius 2 is 1.82 bits per heavy atom. The predicted octanol–water partition coefficient (Wildman–Crippen LogP) is 2.83. The maximum atomic E-state index is 12.6. The van der Waals surface area contributed by atoms with E-state index in [0.29, 0.717) is 16.5 Å². The standard InChI is InChI=1S/C24H24N2O7S/c1-12-8-9-16-17(10-12)34-20(19(16)24(31)32-3)25-18(27)11-33-23(30)13(2)26-21(28)14-6-4-5-7-15(14)22(26)29/h4-7,12-13H,8-11H2,1-3H3,(H,25,27)/t12-,13+/m1/s1. The van der Waals surface area contributed by atoms with Crippen molar-refractivity contribution in [3.05, 3.63) is 51.4 Å². The van der Waals surface area contributed by atoms with Crippen LogP contribution in [0.1, 0.15) is 61.8 Å². The average molecular weight is 485 g/mol. The number of esters is 2. The summed E-state index contributed by atoms with van der Waals surface area (Å²) < 4.78 is 9.99. The fourth-order valence-corrected chi connectivity index (χ4v) is 5.66. The van der Waals surface area contributed by atoms with E-state index in [4.69, 9.17) is 9.47 Å². The second kappa shape index (κ2) is 9.38. The lowest BCUT2D eigenvalue weighted by Crippen LogP contribution is -2.44. The molecule has 178 valence electrons. The van der Waals surface area contributed by atoms with Gasteiger partial charge >= 0.3 is 11.9 Å². The summed E-state index contributed by atoms with van der Waals surface area (Å²) in [6, 6.07) is 5.09. The molecule has 1 aliphatic carbocycles. The number of nitrogens with zero attached hydrogens (tertiary/aromatic N) is 1. The molecule has 1 aliphatic heterocycles. The van der Waals surface area contributed by atoms with Gasteiger partial charge in [-0.25, -0.2) is 9.59 Å². The van der Waals surface area contributed by atoms with Crippen molar-refractivity contribution in [2.24, 2.45) is 5.92 Å². The monoisotopic (exact) mass is 484 g/mol. The largest absolute Gasteiger partial charge is 0.465 e. The minimum Gasteiger partial charge on any atom is -0.465 e. The molecule has 0 unspecified atom stereocenters. The van der Waals surface area contributed by atoms with Gasteiger partial charge in [0.25, 0.3) is 17.7 Å². The molecule has 1 N–H and O–H groups in total. The molecule has 0 saturated carbocycles. The van der Waals surface area contributed by atoms with Gasteiger partial charge in [-0.1, -0.05) is 19.1 Å². The van der Waals surface area contributed by atoms with E-state index in [1.165, 1.54) is 37.5 Å². The molecular formula is C24H24N2O7S. The number of carbonyl (C=O) groups is 5. The highest BCUT2D eigenvalue weighted by Gasteiger charge is 2.41. The first-order valence-electron chi connectivity index (χ1n) is 10.9. The summed E-state index contributed by atoms with van der Waals surface area (Å²) in [6.07, 6.45) is 2.47. The minimum atomic E-state index is -1.21. The molecule has 0 radical (unpaired) electrons. The molecule has 0 fully saturated rings. The summed E-state index contributed by atoms with van der Waals surface area (Å²) in [5, 5.41) is 3.01. The Hall–Kier alpha value is -3.53. The lowest BCUT2D eigenvalue weighted by molar-refractivity contribution is -0.150. The van der Waals surface area contributed by atoms with Crippen LogP contribution in [0.2, 0.25) is 0 Å². The number of hydrogen-bond acceptors (Lipinski definition) is 8. The zero-order valence-corrected chi connectivity index (χ0v) is 19.8. The van der Waals surface area contributed by atoms with E-state index in [-0.39, 0.29) is 11.1 Å². The van der Waals surface area contributed by atoms with Crippen molar-refractivity contribution in [2.45, 2.75) is 39.2 Å². The van der Waals surface area contributed by atoms with Gasteiger partial charge in [0.2, 0.25) is 0 Å². The first-order valence-corrected chi connectivity index (χ1v) is 11.7. The van der Waals surface area contributed by atoms with Gasteiger partial charge in [0.05, 0.1) is 23.8 Å². The molecule has 3 amide bonds. The number of rotatable bonds is 6. The Labute approximate surface area is 200 Å². The molecule has 10 heteroatoms. The van der Waals surface area contributed by atoms with Gasteiger partial charge in [-0.3, -0.25) is 19.3 Å². The summed E-state index contributed by atoms with van der Waals surface area (Å²) in [4.78, 5) is 64.4. The Morgan fingerprint density at radius 3 is 2.44 bits per heavy atom. The molecule has 34 heavy (non-hydrogen) atoms. The molecule has 2 aromatic rings. The van der Waals surface area contributed by atoms with E-state index < -0.39 is 42.3 Å². The first-order chi connectivity index (χ1) is 16.2. The number of benzene rings is 1. The third-order valence-electron chi connectivity index (χ3n) is 6.05. The number of imide groups is 1. The van der Waals surface area contributed by atoms with E-state index in [9.17, 15) is 24.0 Å². The predicted molar refractivity (Wildman–Crippen MR) is 123 cm³/mol. The lowest BCUT2D eigenvalue weighted by Gasteiger charge is -2.20. The van der Waals surface area contributed by atoms with Gasteiger partial charge in [0, 0.05) is 4.88 Å². The number of nitrogens with one attached hydrogen (secondary N) is 1. The highest BCUT2D eigenvalue weighted by atomic mass is 32.1. The van der Waals surface area contributed by atoms with Crippen LogP contribution in [0, 0.1) is 5.92 Å².